The summed E-state index contributed by atoms with van der Waals surface area (Å²) in [5, 5.41) is 4.50. The van der Waals surface area contributed by atoms with E-state index in [1.807, 2.05) is 13.8 Å². The third kappa shape index (κ3) is 4.52. The van der Waals surface area contributed by atoms with Crippen molar-refractivity contribution in [3.05, 3.63) is 53.6 Å². The molecule has 122 valence electrons. The monoisotopic (exact) mass is 310 g/mol. The van der Waals surface area contributed by atoms with Gasteiger partial charge in [-0.2, -0.15) is 5.10 Å². The van der Waals surface area contributed by atoms with Crippen LogP contribution in [-0.2, 0) is 6.54 Å². The largest absolute Gasteiger partial charge is 0.299 e. The van der Waals surface area contributed by atoms with Crippen molar-refractivity contribution >= 4 is 6.08 Å². The number of nitrogens with zero attached hydrogens (tertiary/aromatic N) is 4. The Labute approximate surface area is 138 Å². The van der Waals surface area contributed by atoms with E-state index >= 15 is 0 Å². The fourth-order valence-corrected chi connectivity index (χ4v) is 3.35. The van der Waals surface area contributed by atoms with E-state index in [4.69, 9.17) is 0 Å². The molecule has 23 heavy (non-hydrogen) atoms. The van der Waals surface area contributed by atoms with Crippen LogP contribution in [0.5, 0.6) is 0 Å². The first kappa shape index (κ1) is 15.9. The molecule has 1 aromatic heterocycles. The molecule has 2 aromatic rings. The molecule has 0 spiro atoms. The van der Waals surface area contributed by atoms with E-state index < -0.39 is 0 Å². The van der Waals surface area contributed by atoms with E-state index in [-0.39, 0.29) is 0 Å². The summed E-state index contributed by atoms with van der Waals surface area (Å²) in [7, 11) is 0. The van der Waals surface area contributed by atoms with Gasteiger partial charge in [0.15, 0.2) is 0 Å². The average molecular weight is 310 g/mol. The highest BCUT2D eigenvalue weighted by Gasteiger charge is 2.20. The highest BCUT2D eigenvalue weighted by atomic mass is 15.3. The smallest absolute Gasteiger partial charge is 0.147 e. The van der Waals surface area contributed by atoms with Gasteiger partial charge >= 0.3 is 0 Å². The van der Waals surface area contributed by atoms with Crippen LogP contribution in [0.1, 0.15) is 30.1 Å². The van der Waals surface area contributed by atoms with Crippen molar-refractivity contribution in [1.29, 1.82) is 0 Å². The standard InChI is InChI=1S/C19H26N4/c1-16-20-17(2)23(21-16)15-19-11-7-13-22(14-19)12-6-10-18-8-4-3-5-9-18/h3-6,8-10,19H,7,11-15H2,1-2H3/b10-6-/t19-/m0/s1. The summed E-state index contributed by atoms with van der Waals surface area (Å²) in [4.78, 5) is 6.95. The number of benzene rings is 1. The van der Waals surface area contributed by atoms with Gasteiger partial charge in [-0.15, -0.1) is 0 Å². The first-order chi connectivity index (χ1) is 11.2. The minimum Gasteiger partial charge on any atom is -0.299 e. The molecule has 4 heteroatoms. The van der Waals surface area contributed by atoms with E-state index in [0.717, 1.165) is 31.3 Å². The number of piperidine rings is 1. The Hall–Kier alpha value is -1.94. The average Bonchev–Trinajstić information content (AvgIpc) is 2.86. The van der Waals surface area contributed by atoms with Gasteiger partial charge in [-0.05, 0) is 44.7 Å². The first-order valence-corrected chi connectivity index (χ1v) is 8.53. The van der Waals surface area contributed by atoms with Crippen molar-refractivity contribution in [2.24, 2.45) is 5.92 Å². The molecule has 0 saturated carbocycles. The highest BCUT2D eigenvalue weighted by Crippen LogP contribution is 2.18. The molecule has 3 rings (SSSR count). The van der Waals surface area contributed by atoms with Crippen molar-refractivity contribution in [2.45, 2.75) is 33.2 Å². The summed E-state index contributed by atoms with van der Waals surface area (Å²) in [6.07, 6.45) is 7.06. The zero-order valence-electron chi connectivity index (χ0n) is 14.2. The van der Waals surface area contributed by atoms with E-state index in [9.17, 15) is 0 Å². The van der Waals surface area contributed by atoms with Crippen LogP contribution in [-0.4, -0.2) is 39.3 Å². The number of likely N-dealkylation sites (tertiary alicyclic amines) is 1. The normalized spacial score (nSPS) is 19.5. The molecule has 0 aliphatic carbocycles. The van der Waals surface area contributed by atoms with Gasteiger partial charge in [-0.1, -0.05) is 42.5 Å². The summed E-state index contributed by atoms with van der Waals surface area (Å²) < 4.78 is 2.07. The summed E-state index contributed by atoms with van der Waals surface area (Å²) >= 11 is 0. The van der Waals surface area contributed by atoms with Gasteiger partial charge < -0.3 is 0 Å². The van der Waals surface area contributed by atoms with Crippen LogP contribution < -0.4 is 0 Å². The summed E-state index contributed by atoms with van der Waals surface area (Å²) in [6.45, 7) is 8.38. The van der Waals surface area contributed by atoms with E-state index in [0.29, 0.717) is 5.92 Å². The number of rotatable bonds is 5. The molecule has 0 unspecified atom stereocenters. The Balaban J connectivity index is 1.52. The van der Waals surface area contributed by atoms with Crippen molar-refractivity contribution < 1.29 is 0 Å². The maximum atomic E-state index is 4.50. The zero-order valence-corrected chi connectivity index (χ0v) is 14.2. The van der Waals surface area contributed by atoms with Crippen LogP contribution in [0.15, 0.2) is 36.4 Å². The molecular weight excluding hydrogens is 284 g/mol. The maximum absolute atomic E-state index is 4.50. The van der Waals surface area contributed by atoms with Crippen molar-refractivity contribution in [3.8, 4) is 0 Å². The Morgan fingerprint density at radius 1 is 1.22 bits per heavy atom. The fourth-order valence-electron chi connectivity index (χ4n) is 3.35. The minimum absolute atomic E-state index is 0.675. The summed E-state index contributed by atoms with van der Waals surface area (Å²) in [6, 6.07) is 10.5. The Kier molecular flexibility index (Phi) is 5.23. The molecular formula is C19H26N4. The van der Waals surface area contributed by atoms with E-state index in [1.165, 1.54) is 24.9 Å². The van der Waals surface area contributed by atoms with Gasteiger partial charge in [0.2, 0.25) is 0 Å². The van der Waals surface area contributed by atoms with Crippen LogP contribution in [0, 0.1) is 19.8 Å². The number of aromatic nitrogens is 3. The molecule has 1 aromatic carbocycles. The van der Waals surface area contributed by atoms with Gasteiger partial charge in [-0.3, -0.25) is 4.90 Å². The molecule has 4 nitrogen and oxygen atoms in total. The van der Waals surface area contributed by atoms with E-state index in [2.05, 4.69) is 62.1 Å². The van der Waals surface area contributed by atoms with Crippen LogP contribution >= 0.6 is 0 Å². The number of hydrogen-bond donors (Lipinski definition) is 0. The van der Waals surface area contributed by atoms with Crippen LogP contribution in [0.4, 0.5) is 0 Å². The van der Waals surface area contributed by atoms with Crippen LogP contribution in [0.3, 0.4) is 0 Å². The van der Waals surface area contributed by atoms with Gasteiger partial charge in [0.05, 0.1) is 0 Å². The second kappa shape index (κ2) is 7.55. The molecule has 1 saturated heterocycles. The topological polar surface area (TPSA) is 34.0 Å². The zero-order chi connectivity index (χ0) is 16.1. The molecule has 1 aliphatic rings. The molecule has 0 amide bonds. The van der Waals surface area contributed by atoms with E-state index in [1.54, 1.807) is 0 Å². The van der Waals surface area contributed by atoms with Crippen molar-refractivity contribution in [2.75, 3.05) is 19.6 Å². The molecule has 1 fully saturated rings. The van der Waals surface area contributed by atoms with Gasteiger partial charge in [-0.25, -0.2) is 9.67 Å². The Bertz CT molecular complexity index is 645. The second-order valence-corrected chi connectivity index (χ2v) is 6.47. The lowest BCUT2D eigenvalue weighted by molar-refractivity contribution is 0.173. The third-order valence-electron chi connectivity index (χ3n) is 4.47. The lowest BCUT2D eigenvalue weighted by Gasteiger charge is -2.32. The molecule has 1 atom stereocenters. The quantitative estimate of drug-likeness (QED) is 0.849. The second-order valence-electron chi connectivity index (χ2n) is 6.47. The molecule has 0 radical (unpaired) electrons. The Morgan fingerprint density at radius 2 is 2.04 bits per heavy atom. The SMILES string of the molecule is Cc1nc(C)n(C[C@H]2CCCN(C/C=C\c3ccccc3)C2)n1. The van der Waals surface area contributed by atoms with Crippen LogP contribution in [0.25, 0.3) is 6.08 Å². The molecule has 0 bridgehead atoms. The lowest BCUT2D eigenvalue weighted by atomic mass is 9.98. The number of aryl methyl sites for hydroxylation is 2. The van der Waals surface area contributed by atoms with Crippen LogP contribution in [0.2, 0.25) is 0 Å². The maximum Gasteiger partial charge on any atom is 0.147 e. The Morgan fingerprint density at radius 3 is 2.78 bits per heavy atom. The van der Waals surface area contributed by atoms with Gasteiger partial charge in [0.25, 0.3) is 0 Å². The van der Waals surface area contributed by atoms with Crippen molar-refractivity contribution in [1.82, 2.24) is 19.7 Å². The number of hydrogen-bond acceptors (Lipinski definition) is 3. The van der Waals surface area contributed by atoms with Gasteiger partial charge in [0, 0.05) is 19.6 Å². The minimum atomic E-state index is 0.675. The molecule has 0 N–H and O–H groups in total. The summed E-state index contributed by atoms with van der Waals surface area (Å²) in [5.74, 6) is 2.58. The first-order valence-electron chi connectivity index (χ1n) is 8.53. The lowest BCUT2D eigenvalue weighted by Crippen LogP contribution is -2.37. The fraction of sp³-hybridized carbons (Fsp3) is 0.474. The summed E-state index contributed by atoms with van der Waals surface area (Å²) in [5.41, 5.74) is 1.27. The predicted octanol–water partition coefficient (Wildman–Crippen LogP) is 3.32. The molecule has 1 aliphatic heterocycles. The highest BCUT2D eigenvalue weighted by molar-refractivity contribution is 5.48. The van der Waals surface area contributed by atoms with Crippen molar-refractivity contribution in [3.63, 3.8) is 0 Å². The van der Waals surface area contributed by atoms with Gasteiger partial charge in [0.1, 0.15) is 11.6 Å². The predicted molar refractivity (Wildman–Crippen MR) is 94.1 cm³/mol. The molecule has 2 heterocycles. The third-order valence-corrected chi connectivity index (χ3v) is 4.47.